The number of amides is 6. The van der Waals surface area contributed by atoms with Crippen LogP contribution >= 0.6 is 0 Å². The molecule has 0 aliphatic heterocycles. The third kappa shape index (κ3) is 26.2. The van der Waals surface area contributed by atoms with Crippen LogP contribution in [-0.2, 0) is 69.1 Å². The molecule has 0 aliphatic rings. The van der Waals surface area contributed by atoms with Crippen LogP contribution in [-0.4, -0.2) is 161 Å². The van der Waals surface area contributed by atoms with E-state index >= 15 is 0 Å². The van der Waals surface area contributed by atoms with E-state index in [1.54, 1.807) is 0 Å². The minimum absolute atomic E-state index is 0.0171. The Morgan fingerprint density at radius 2 is 1.20 bits per heavy atom. The highest BCUT2D eigenvalue weighted by molar-refractivity contribution is 7.90. The van der Waals surface area contributed by atoms with Crippen molar-refractivity contribution in [2.45, 2.75) is 102 Å². The number of unbranched alkanes of at least 4 members (excludes halogenated alkanes) is 1. The number of aliphatic carboxylic acids is 3. The maximum absolute atomic E-state index is 12.4. The molecule has 1 heterocycles. The van der Waals surface area contributed by atoms with Gasteiger partial charge in [0.25, 0.3) is 0 Å². The number of nitrogens with zero attached hydrogens (tertiary/aromatic N) is 3. The molecule has 0 spiro atoms. The Kier molecular flexibility index (Phi) is 25.6. The van der Waals surface area contributed by atoms with Crippen molar-refractivity contribution in [2.75, 3.05) is 45.3 Å². The number of tetrazole rings is 1. The fourth-order valence-corrected chi connectivity index (χ4v) is 6.04. The smallest absolute Gasteiger partial charge is 0.326 e. The number of hydrogen-bond donors (Lipinski definition) is 10. The number of H-pyrrole nitrogens is 1. The molecule has 0 unspecified atom stereocenters. The van der Waals surface area contributed by atoms with Crippen LogP contribution in [0.5, 0.6) is 0 Å². The first-order valence-electron chi connectivity index (χ1n) is 18.9. The van der Waals surface area contributed by atoms with E-state index in [1.165, 1.54) is 6.92 Å². The molecule has 10 N–H and O–H groups in total. The second-order valence-corrected chi connectivity index (χ2v) is 14.9. The van der Waals surface area contributed by atoms with Gasteiger partial charge in [0.1, 0.15) is 30.6 Å². The van der Waals surface area contributed by atoms with Crippen molar-refractivity contribution in [3.63, 3.8) is 0 Å². The molecular formula is C33H54N10O16S. The quantitative estimate of drug-likeness (QED) is 0.0300. The Balaban J connectivity index is 2.27. The third-order valence-corrected chi connectivity index (χ3v) is 9.35. The SMILES string of the molecule is CC(=O)NCCCC[C@H](NC(=O)COCCOCCNC(=O)CC[C@H](NC(=O)CC[C@H](NC(=O)CCCS(=O)(=O)NC(=O)CCCc1nnn[nH]1)C(=O)O)C(=O)O)C(=O)O. The number of ether oxygens (including phenoxy) is 2. The molecule has 6 amide bonds. The van der Waals surface area contributed by atoms with E-state index < -0.39 is 107 Å². The third-order valence-electron chi connectivity index (χ3n) is 7.98. The molecule has 0 aliphatic carbocycles. The van der Waals surface area contributed by atoms with Crippen molar-refractivity contribution in [1.82, 2.24) is 51.9 Å². The van der Waals surface area contributed by atoms with Gasteiger partial charge in [-0.15, -0.1) is 5.10 Å². The molecule has 338 valence electrons. The summed E-state index contributed by atoms with van der Waals surface area (Å²) in [6.07, 6.45) is -0.638. The molecule has 0 radical (unpaired) electrons. The number of carboxylic acids is 3. The van der Waals surface area contributed by atoms with E-state index in [2.05, 4.69) is 47.2 Å². The lowest BCUT2D eigenvalue weighted by molar-refractivity contribution is -0.143. The Hall–Kier alpha value is -5.83. The first kappa shape index (κ1) is 52.2. The molecule has 0 saturated carbocycles. The van der Waals surface area contributed by atoms with Gasteiger partial charge in [-0.2, -0.15) is 0 Å². The van der Waals surface area contributed by atoms with Gasteiger partial charge in [0.05, 0.1) is 25.6 Å². The Morgan fingerprint density at radius 1 is 0.633 bits per heavy atom. The summed E-state index contributed by atoms with van der Waals surface area (Å²) in [5.74, 6) is -8.22. The van der Waals surface area contributed by atoms with Crippen LogP contribution in [0.15, 0.2) is 0 Å². The van der Waals surface area contributed by atoms with Crippen LogP contribution in [0.4, 0.5) is 0 Å². The lowest BCUT2D eigenvalue weighted by Gasteiger charge is -2.17. The minimum atomic E-state index is -4.09. The summed E-state index contributed by atoms with van der Waals surface area (Å²) in [7, 11) is -4.09. The number of nitrogens with one attached hydrogen (secondary N) is 7. The lowest BCUT2D eigenvalue weighted by atomic mass is 10.1. The number of rotatable bonds is 34. The molecule has 1 aromatic heterocycles. The molecule has 27 heteroatoms. The number of sulfonamides is 1. The Labute approximate surface area is 344 Å². The molecule has 0 fully saturated rings. The Bertz CT molecular complexity index is 1680. The van der Waals surface area contributed by atoms with Crippen molar-refractivity contribution < 1.29 is 76.4 Å². The fourth-order valence-electron chi connectivity index (χ4n) is 4.96. The van der Waals surface area contributed by atoms with Gasteiger partial charge in [-0.1, -0.05) is 0 Å². The van der Waals surface area contributed by atoms with Crippen LogP contribution in [0.1, 0.15) is 83.4 Å². The van der Waals surface area contributed by atoms with Crippen molar-refractivity contribution in [1.29, 1.82) is 0 Å². The van der Waals surface area contributed by atoms with Gasteiger partial charge in [-0.25, -0.2) is 27.9 Å². The van der Waals surface area contributed by atoms with Gasteiger partial charge < -0.3 is 51.4 Å². The zero-order chi connectivity index (χ0) is 44.9. The number of aromatic nitrogens is 4. The van der Waals surface area contributed by atoms with Crippen LogP contribution in [0, 0.1) is 0 Å². The average Bonchev–Trinajstić information content (AvgIpc) is 3.68. The van der Waals surface area contributed by atoms with Crippen LogP contribution in [0.2, 0.25) is 0 Å². The number of aryl methyl sites for hydroxylation is 1. The van der Waals surface area contributed by atoms with E-state index in [0.717, 1.165) is 0 Å². The average molecular weight is 879 g/mol. The molecule has 0 bridgehead atoms. The lowest BCUT2D eigenvalue weighted by Crippen LogP contribution is -2.44. The maximum atomic E-state index is 12.4. The van der Waals surface area contributed by atoms with Crippen molar-refractivity contribution in [3.05, 3.63) is 5.82 Å². The Morgan fingerprint density at radius 3 is 1.80 bits per heavy atom. The van der Waals surface area contributed by atoms with E-state index in [0.29, 0.717) is 31.6 Å². The van der Waals surface area contributed by atoms with E-state index in [9.17, 15) is 66.9 Å². The normalized spacial score (nSPS) is 12.6. The summed E-state index contributed by atoms with van der Waals surface area (Å²) in [6.45, 7) is 1.42. The number of carbonyl (C=O) groups excluding carboxylic acids is 6. The highest BCUT2D eigenvalue weighted by Crippen LogP contribution is 2.05. The van der Waals surface area contributed by atoms with Gasteiger partial charge in [-0.05, 0) is 55.4 Å². The number of hydrogen-bond acceptors (Lipinski definition) is 16. The first-order valence-corrected chi connectivity index (χ1v) is 20.5. The zero-order valence-electron chi connectivity index (χ0n) is 33.1. The number of carbonyl (C=O) groups is 9. The van der Waals surface area contributed by atoms with Crippen LogP contribution < -0.4 is 31.3 Å². The second kappa shape index (κ2) is 29.4. The molecule has 26 nitrogen and oxygen atoms in total. The second-order valence-electron chi connectivity index (χ2n) is 13.1. The molecule has 3 atom stereocenters. The summed E-state index contributed by atoms with van der Waals surface area (Å²) in [5.41, 5.74) is 0. The first-order chi connectivity index (χ1) is 28.4. The monoisotopic (exact) mass is 878 g/mol. The summed E-state index contributed by atoms with van der Waals surface area (Å²) in [5, 5.41) is 53.0. The molecule has 1 rings (SSSR count). The van der Waals surface area contributed by atoms with Gasteiger partial charge in [0.2, 0.25) is 45.5 Å². The number of carboxylic acid groups (broad SMARTS) is 3. The predicted octanol–water partition coefficient (Wildman–Crippen LogP) is -3.53. The van der Waals surface area contributed by atoms with Crippen molar-refractivity contribution in [3.8, 4) is 0 Å². The highest BCUT2D eigenvalue weighted by atomic mass is 32.2. The summed E-state index contributed by atoms with van der Waals surface area (Å²) in [6, 6.07) is -4.18. The molecule has 0 aromatic carbocycles. The van der Waals surface area contributed by atoms with Crippen molar-refractivity contribution >= 4 is 63.4 Å². The van der Waals surface area contributed by atoms with Crippen LogP contribution in [0.25, 0.3) is 0 Å². The van der Waals surface area contributed by atoms with E-state index in [1.807, 2.05) is 4.72 Å². The van der Waals surface area contributed by atoms with Crippen molar-refractivity contribution in [2.24, 2.45) is 0 Å². The molecular weight excluding hydrogens is 824 g/mol. The van der Waals surface area contributed by atoms with E-state index in [4.69, 9.17) is 9.47 Å². The molecule has 60 heavy (non-hydrogen) atoms. The van der Waals surface area contributed by atoms with Gasteiger partial charge in [0, 0.05) is 52.1 Å². The standard InChI is InChI=1S/C33H54N10O16S/c1-21(44)34-14-3-2-6-22(31(50)51)38-30(49)20-59-18-17-58-16-15-35-26(45)12-10-23(32(52)53)37-28(47)13-11-24(33(54)55)36-27(46)9-5-19-60(56,57)41-29(48)8-4-7-25-39-42-43-40-25/h22-24H,2-20H2,1H3,(H,34,44)(H,35,45)(H,36,46)(H,37,47)(H,38,49)(H,41,48)(H,50,51)(H,52,53)(H,54,55)(H,39,40,42,43)/t22-,23-,24-/m0/s1. The maximum Gasteiger partial charge on any atom is 0.326 e. The topological polar surface area (TPSA) is 394 Å². The number of aromatic amines is 1. The summed E-state index contributed by atoms with van der Waals surface area (Å²) in [4.78, 5) is 107. The molecule has 0 saturated heterocycles. The summed E-state index contributed by atoms with van der Waals surface area (Å²) < 4.78 is 36.7. The minimum Gasteiger partial charge on any atom is -0.480 e. The fraction of sp³-hybridized carbons (Fsp3) is 0.697. The van der Waals surface area contributed by atoms with E-state index in [-0.39, 0.29) is 70.8 Å². The highest BCUT2D eigenvalue weighted by Gasteiger charge is 2.25. The van der Waals surface area contributed by atoms with Gasteiger partial charge in [0.15, 0.2) is 0 Å². The van der Waals surface area contributed by atoms with Gasteiger partial charge >= 0.3 is 17.9 Å². The van der Waals surface area contributed by atoms with Crippen LogP contribution in [0.3, 0.4) is 0 Å². The predicted molar refractivity (Wildman–Crippen MR) is 203 cm³/mol. The summed E-state index contributed by atoms with van der Waals surface area (Å²) >= 11 is 0. The van der Waals surface area contributed by atoms with Gasteiger partial charge in [-0.3, -0.25) is 33.5 Å². The molecule has 1 aromatic rings. The largest absolute Gasteiger partial charge is 0.480 e. The zero-order valence-corrected chi connectivity index (χ0v) is 33.9.